The van der Waals surface area contributed by atoms with Crippen LogP contribution in [0.5, 0.6) is 0 Å². The van der Waals surface area contributed by atoms with Gasteiger partial charge in [0.2, 0.25) is 5.91 Å². The molecule has 2 rings (SSSR count). The van der Waals surface area contributed by atoms with Crippen LogP contribution in [-0.2, 0) is 9.53 Å². The molecule has 1 aromatic rings. The van der Waals surface area contributed by atoms with Gasteiger partial charge in [0.05, 0.1) is 23.1 Å². The fourth-order valence-electron chi connectivity index (χ4n) is 2.81. The summed E-state index contributed by atoms with van der Waals surface area (Å²) in [6.45, 7) is 3.40. The summed E-state index contributed by atoms with van der Waals surface area (Å²) < 4.78 is 4.93. The number of rotatable bonds is 5. The molecule has 1 aliphatic rings. The summed E-state index contributed by atoms with van der Waals surface area (Å²) in [7, 11) is 1.60. The number of hydrogen-bond acceptors (Lipinski definition) is 3. The SMILES string of the molecule is COCCNC(=O)[C@@H]1CC[C@H](C)N(C(=O)c2ccccc2Cl)C1. The molecule has 0 saturated carbocycles. The van der Waals surface area contributed by atoms with Gasteiger partial charge in [-0.3, -0.25) is 9.59 Å². The molecule has 0 spiro atoms. The summed E-state index contributed by atoms with van der Waals surface area (Å²) in [6.07, 6.45) is 1.59. The molecular formula is C17H23ClN2O3. The molecule has 0 bridgehead atoms. The van der Waals surface area contributed by atoms with E-state index in [0.29, 0.717) is 30.3 Å². The summed E-state index contributed by atoms with van der Waals surface area (Å²) in [6, 6.07) is 7.12. The van der Waals surface area contributed by atoms with Crippen molar-refractivity contribution < 1.29 is 14.3 Å². The van der Waals surface area contributed by atoms with E-state index in [4.69, 9.17) is 16.3 Å². The average Bonchev–Trinajstić information content (AvgIpc) is 2.55. The third kappa shape index (κ3) is 4.45. The quantitative estimate of drug-likeness (QED) is 0.838. The maximum atomic E-state index is 12.7. The van der Waals surface area contributed by atoms with Gasteiger partial charge in [-0.15, -0.1) is 0 Å². The Labute approximate surface area is 141 Å². The second kappa shape index (κ2) is 8.31. The lowest BCUT2D eigenvalue weighted by atomic mass is 9.92. The highest BCUT2D eigenvalue weighted by Gasteiger charge is 2.33. The lowest BCUT2D eigenvalue weighted by Crippen LogP contribution is -2.49. The van der Waals surface area contributed by atoms with Crippen LogP contribution in [0.2, 0.25) is 5.02 Å². The molecule has 0 unspecified atom stereocenters. The van der Waals surface area contributed by atoms with Gasteiger partial charge in [-0.25, -0.2) is 0 Å². The minimum atomic E-state index is -0.186. The van der Waals surface area contributed by atoms with Crippen LogP contribution in [0.4, 0.5) is 0 Å². The molecule has 1 heterocycles. The van der Waals surface area contributed by atoms with Crippen LogP contribution in [0.15, 0.2) is 24.3 Å². The summed E-state index contributed by atoms with van der Waals surface area (Å²) in [5.41, 5.74) is 0.487. The van der Waals surface area contributed by atoms with Crippen LogP contribution in [0.25, 0.3) is 0 Å². The third-order valence-electron chi connectivity index (χ3n) is 4.22. The molecule has 1 fully saturated rings. The Kier molecular flexibility index (Phi) is 6.42. The number of hydrogen-bond donors (Lipinski definition) is 1. The number of benzene rings is 1. The van der Waals surface area contributed by atoms with E-state index in [2.05, 4.69) is 5.32 Å². The smallest absolute Gasteiger partial charge is 0.255 e. The van der Waals surface area contributed by atoms with E-state index in [9.17, 15) is 9.59 Å². The van der Waals surface area contributed by atoms with Crippen LogP contribution in [0, 0.1) is 5.92 Å². The molecule has 1 aliphatic heterocycles. The highest BCUT2D eigenvalue weighted by molar-refractivity contribution is 6.33. The zero-order valence-electron chi connectivity index (χ0n) is 13.5. The number of piperidine rings is 1. The van der Waals surface area contributed by atoms with Crippen LogP contribution in [0.3, 0.4) is 0 Å². The second-order valence-electron chi connectivity index (χ2n) is 5.84. The van der Waals surface area contributed by atoms with E-state index in [1.54, 1.807) is 36.3 Å². The van der Waals surface area contributed by atoms with Crippen molar-refractivity contribution in [1.82, 2.24) is 10.2 Å². The Hall–Kier alpha value is -1.59. The minimum absolute atomic E-state index is 0.0223. The predicted octanol–water partition coefficient (Wildman–Crippen LogP) is 2.34. The minimum Gasteiger partial charge on any atom is -0.383 e. The van der Waals surface area contributed by atoms with Gasteiger partial charge >= 0.3 is 0 Å². The number of methoxy groups -OCH3 is 1. The Morgan fingerprint density at radius 3 is 2.78 bits per heavy atom. The second-order valence-corrected chi connectivity index (χ2v) is 6.25. The molecule has 126 valence electrons. The molecule has 1 N–H and O–H groups in total. The predicted molar refractivity (Wildman–Crippen MR) is 89.6 cm³/mol. The molecule has 0 radical (unpaired) electrons. The summed E-state index contributed by atoms with van der Waals surface area (Å²) >= 11 is 6.13. The monoisotopic (exact) mass is 338 g/mol. The van der Waals surface area contributed by atoms with Gasteiger partial charge in [0.1, 0.15) is 0 Å². The molecular weight excluding hydrogens is 316 g/mol. The Morgan fingerprint density at radius 1 is 1.35 bits per heavy atom. The number of nitrogens with zero attached hydrogens (tertiary/aromatic N) is 1. The van der Waals surface area contributed by atoms with Gasteiger partial charge in [0, 0.05) is 26.2 Å². The van der Waals surface area contributed by atoms with Crippen molar-refractivity contribution >= 4 is 23.4 Å². The van der Waals surface area contributed by atoms with E-state index >= 15 is 0 Å². The Balaban J connectivity index is 2.04. The first-order valence-electron chi connectivity index (χ1n) is 7.86. The number of halogens is 1. The van der Waals surface area contributed by atoms with E-state index in [1.165, 1.54) is 0 Å². The van der Waals surface area contributed by atoms with E-state index < -0.39 is 0 Å². The average molecular weight is 339 g/mol. The molecule has 2 atom stereocenters. The van der Waals surface area contributed by atoms with Crippen LogP contribution in [0.1, 0.15) is 30.1 Å². The fraction of sp³-hybridized carbons (Fsp3) is 0.529. The Morgan fingerprint density at radius 2 is 2.09 bits per heavy atom. The van der Waals surface area contributed by atoms with E-state index in [-0.39, 0.29) is 23.8 Å². The zero-order valence-corrected chi connectivity index (χ0v) is 14.3. The van der Waals surface area contributed by atoms with Crippen molar-refractivity contribution in [2.24, 2.45) is 5.92 Å². The van der Waals surface area contributed by atoms with Gasteiger partial charge in [-0.2, -0.15) is 0 Å². The number of amides is 2. The highest BCUT2D eigenvalue weighted by Crippen LogP contribution is 2.26. The summed E-state index contributed by atoms with van der Waals surface area (Å²) in [5, 5.41) is 3.29. The van der Waals surface area contributed by atoms with E-state index in [0.717, 1.165) is 12.8 Å². The van der Waals surface area contributed by atoms with Crippen molar-refractivity contribution in [2.75, 3.05) is 26.8 Å². The molecule has 0 aliphatic carbocycles. The lowest BCUT2D eigenvalue weighted by molar-refractivity contribution is -0.126. The van der Waals surface area contributed by atoms with E-state index in [1.807, 2.05) is 6.92 Å². The van der Waals surface area contributed by atoms with Crippen molar-refractivity contribution in [3.63, 3.8) is 0 Å². The zero-order chi connectivity index (χ0) is 16.8. The summed E-state index contributed by atoms with van der Waals surface area (Å²) in [4.78, 5) is 26.7. The van der Waals surface area contributed by atoms with Gasteiger partial charge in [-0.1, -0.05) is 23.7 Å². The topological polar surface area (TPSA) is 58.6 Å². The fourth-order valence-corrected chi connectivity index (χ4v) is 3.03. The molecule has 2 amide bonds. The van der Waals surface area contributed by atoms with Crippen molar-refractivity contribution in [3.8, 4) is 0 Å². The molecule has 23 heavy (non-hydrogen) atoms. The maximum Gasteiger partial charge on any atom is 0.255 e. The molecule has 6 heteroatoms. The number of ether oxygens (including phenoxy) is 1. The molecule has 0 aromatic heterocycles. The van der Waals surface area contributed by atoms with Crippen LogP contribution >= 0.6 is 11.6 Å². The number of carbonyl (C=O) groups excluding carboxylic acids is 2. The first-order valence-corrected chi connectivity index (χ1v) is 8.24. The van der Waals surface area contributed by atoms with Gasteiger partial charge in [0.15, 0.2) is 0 Å². The normalized spacial score (nSPS) is 21.1. The van der Waals surface area contributed by atoms with Gasteiger partial charge < -0.3 is 15.0 Å². The molecule has 1 aromatic carbocycles. The standard InChI is InChI=1S/C17H23ClN2O3/c1-12-7-8-13(16(21)19-9-10-23-2)11-20(12)17(22)14-5-3-4-6-15(14)18/h3-6,12-13H,7-11H2,1-2H3,(H,19,21)/t12-,13+/m0/s1. The number of carbonyl (C=O) groups is 2. The van der Waals surface area contributed by atoms with Crippen molar-refractivity contribution in [3.05, 3.63) is 34.9 Å². The van der Waals surface area contributed by atoms with Crippen molar-refractivity contribution in [1.29, 1.82) is 0 Å². The van der Waals surface area contributed by atoms with Crippen molar-refractivity contribution in [2.45, 2.75) is 25.8 Å². The maximum absolute atomic E-state index is 12.7. The van der Waals surface area contributed by atoms with Crippen LogP contribution < -0.4 is 5.32 Å². The van der Waals surface area contributed by atoms with Crippen LogP contribution in [-0.4, -0.2) is 49.6 Å². The van der Waals surface area contributed by atoms with Gasteiger partial charge in [0.25, 0.3) is 5.91 Å². The molecule has 5 nitrogen and oxygen atoms in total. The largest absolute Gasteiger partial charge is 0.383 e. The summed E-state index contributed by atoms with van der Waals surface area (Å²) in [5.74, 6) is -0.321. The van der Waals surface area contributed by atoms with Gasteiger partial charge in [-0.05, 0) is 31.9 Å². The first-order chi connectivity index (χ1) is 11.0. The lowest BCUT2D eigenvalue weighted by Gasteiger charge is -2.37. The number of likely N-dealkylation sites (tertiary alicyclic amines) is 1. The first kappa shape index (κ1) is 17.8. The highest BCUT2D eigenvalue weighted by atomic mass is 35.5. The Bertz CT molecular complexity index is 565. The number of nitrogens with one attached hydrogen (secondary N) is 1. The molecule has 1 saturated heterocycles. The third-order valence-corrected chi connectivity index (χ3v) is 4.55.